The van der Waals surface area contributed by atoms with Gasteiger partial charge >= 0.3 is 0 Å². The van der Waals surface area contributed by atoms with E-state index in [0.29, 0.717) is 0 Å². The summed E-state index contributed by atoms with van der Waals surface area (Å²) in [6, 6.07) is 6.84. The first-order valence-electron chi connectivity index (χ1n) is 9.41. The number of benzene rings is 1. The van der Waals surface area contributed by atoms with E-state index in [1.54, 1.807) is 0 Å². The summed E-state index contributed by atoms with van der Waals surface area (Å²) in [5, 5.41) is 3.08. The summed E-state index contributed by atoms with van der Waals surface area (Å²) >= 11 is 0. The van der Waals surface area contributed by atoms with Crippen molar-refractivity contribution in [1.29, 1.82) is 0 Å². The van der Waals surface area contributed by atoms with E-state index >= 15 is 0 Å². The lowest BCUT2D eigenvalue weighted by molar-refractivity contribution is -0.121. The molecule has 2 fully saturated rings. The molecular weight excluding hydrogens is 298 g/mol. The molecule has 1 unspecified atom stereocenters. The Labute approximate surface area is 146 Å². The fraction of sp³-hybridized carbons (Fsp3) is 0.650. The lowest BCUT2D eigenvalue weighted by atomic mass is 10.1. The van der Waals surface area contributed by atoms with Gasteiger partial charge in [0, 0.05) is 37.9 Å². The Morgan fingerprint density at radius 1 is 1.08 bits per heavy atom. The highest BCUT2D eigenvalue weighted by Crippen LogP contribution is 2.24. The normalized spacial score (nSPS) is 21.8. The van der Waals surface area contributed by atoms with E-state index in [2.05, 4.69) is 41.1 Å². The van der Waals surface area contributed by atoms with Gasteiger partial charge in [-0.25, -0.2) is 0 Å². The predicted octanol–water partition coefficient (Wildman–Crippen LogP) is 3.19. The SMILES string of the molecule is Cc1ccc(NC(=O)C(C)N2CCN(C3CCCC3)CC2)cc1C. The second kappa shape index (κ2) is 7.66. The minimum Gasteiger partial charge on any atom is -0.325 e. The van der Waals surface area contributed by atoms with Gasteiger partial charge in [-0.05, 0) is 56.9 Å². The minimum atomic E-state index is -0.0719. The number of amides is 1. The van der Waals surface area contributed by atoms with Crippen LogP contribution >= 0.6 is 0 Å². The molecule has 1 heterocycles. The summed E-state index contributed by atoms with van der Waals surface area (Å²) < 4.78 is 0. The van der Waals surface area contributed by atoms with Crippen molar-refractivity contribution >= 4 is 11.6 Å². The quantitative estimate of drug-likeness (QED) is 0.921. The molecule has 0 bridgehead atoms. The van der Waals surface area contributed by atoms with Crippen LogP contribution in [-0.2, 0) is 4.79 Å². The summed E-state index contributed by atoms with van der Waals surface area (Å²) in [6.07, 6.45) is 5.50. The number of nitrogens with one attached hydrogen (secondary N) is 1. The van der Waals surface area contributed by atoms with Crippen molar-refractivity contribution in [2.75, 3.05) is 31.5 Å². The Hall–Kier alpha value is -1.39. The van der Waals surface area contributed by atoms with E-state index in [1.807, 2.05) is 13.0 Å². The number of rotatable bonds is 4. The lowest BCUT2D eigenvalue weighted by Gasteiger charge is -2.40. The zero-order valence-corrected chi connectivity index (χ0v) is 15.3. The van der Waals surface area contributed by atoms with E-state index in [9.17, 15) is 4.79 Å². The van der Waals surface area contributed by atoms with Gasteiger partial charge in [0.2, 0.25) is 5.91 Å². The van der Waals surface area contributed by atoms with Gasteiger partial charge in [0.15, 0.2) is 0 Å². The second-order valence-corrected chi connectivity index (χ2v) is 7.47. The van der Waals surface area contributed by atoms with Gasteiger partial charge in [-0.2, -0.15) is 0 Å². The monoisotopic (exact) mass is 329 g/mol. The van der Waals surface area contributed by atoms with Gasteiger partial charge in [0.05, 0.1) is 6.04 Å². The van der Waals surface area contributed by atoms with Crippen molar-refractivity contribution in [3.05, 3.63) is 29.3 Å². The molecule has 1 saturated carbocycles. The molecule has 1 saturated heterocycles. The van der Waals surface area contributed by atoms with Crippen LogP contribution in [0.5, 0.6) is 0 Å². The molecule has 1 amide bonds. The third-order valence-electron chi connectivity index (χ3n) is 5.89. The first-order chi connectivity index (χ1) is 11.5. The number of piperazine rings is 1. The fourth-order valence-electron chi connectivity index (χ4n) is 3.99. The van der Waals surface area contributed by atoms with Crippen LogP contribution in [0.1, 0.15) is 43.7 Å². The highest BCUT2D eigenvalue weighted by molar-refractivity contribution is 5.94. The summed E-state index contributed by atoms with van der Waals surface area (Å²) in [5.41, 5.74) is 3.37. The number of anilines is 1. The van der Waals surface area contributed by atoms with Crippen molar-refractivity contribution in [3.8, 4) is 0 Å². The topological polar surface area (TPSA) is 35.6 Å². The average molecular weight is 329 g/mol. The van der Waals surface area contributed by atoms with Crippen LogP contribution in [-0.4, -0.2) is 54.0 Å². The summed E-state index contributed by atoms with van der Waals surface area (Å²) in [6.45, 7) is 10.4. The molecule has 1 aliphatic carbocycles. The number of hydrogen-bond acceptors (Lipinski definition) is 3. The van der Waals surface area contributed by atoms with Crippen LogP contribution in [0, 0.1) is 13.8 Å². The maximum atomic E-state index is 12.6. The maximum Gasteiger partial charge on any atom is 0.241 e. The average Bonchev–Trinajstić information content (AvgIpc) is 3.12. The molecule has 3 rings (SSSR count). The predicted molar refractivity (Wildman–Crippen MR) is 99.4 cm³/mol. The smallest absolute Gasteiger partial charge is 0.241 e. The number of carbonyl (C=O) groups is 1. The van der Waals surface area contributed by atoms with Crippen LogP contribution in [0.4, 0.5) is 5.69 Å². The van der Waals surface area contributed by atoms with E-state index < -0.39 is 0 Å². The molecule has 1 atom stereocenters. The van der Waals surface area contributed by atoms with Crippen LogP contribution in [0.25, 0.3) is 0 Å². The molecule has 1 aliphatic heterocycles. The molecule has 0 spiro atoms. The van der Waals surface area contributed by atoms with E-state index in [1.165, 1.54) is 36.8 Å². The van der Waals surface area contributed by atoms with Crippen LogP contribution in [0.2, 0.25) is 0 Å². The number of aryl methyl sites for hydroxylation is 2. The third kappa shape index (κ3) is 3.98. The molecule has 2 aliphatic rings. The van der Waals surface area contributed by atoms with Crippen molar-refractivity contribution in [3.63, 3.8) is 0 Å². The third-order valence-corrected chi connectivity index (χ3v) is 5.89. The Balaban J connectivity index is 1.51. The molecule has 0 aromatic heterocycles. The highest BCUT2D eigenvalue weighted by atomic mass is 16.2. The summed E-state index contributed by atoms with van der Waals surface area (Å²) in [4.78, 5) is 17.5. The van der Waals surface area contributed by atoms with E-state index in [0.717, 1.165) is 37.9 Å². The minimum absolute atomic E-state index is 0.0719. The van der Waals surface area contributed by atoms with Gasteiger partial charge in [-0.3, -0.25) is 14.6 Å². The molecule has 1 aromatic rings. The molecule has 1 aromatic carbocycles. The van der Waals surface area contributed by atoms with E-state index in [-0.39, 0.29) is 11.9 Å². The van der Waals surface area contributed by atoms with Crippen LogP contribution < -0.4 is 5.32 Å². The largest absolute Gasteiger partial charge is 0.325 e. The molecule has 0 radical (unpaired) electrons. The Kier molecular flexibility index (Phi) is 5.57. The van der Waals surface area contributed by atoms with Crippen molar-refractivity contribution in [1.82, 2.24) is 9.80 Å². The standard InChI is InChI=1S/C20H31N3O/c1-15-8-9-18(14-16(15)2)21-20(24)17(3)22-10-12-23(13-11-22)19-6-4-5-7-19/h8-9,14,17,19H,4-7,10-13H2,1-3H3,(H,21,24). The fourth-order valence-corrected chi connectivity index (χ4v) is 3.99. The van der Waals surface area contributed by atoms with Crippen molar-refractivity contribution in [2.24, 2.45) is 0 Å². The Morgan fingerprint density at radius 3 is 2.38 bits per heavy atom. The highest BCUT2D eigenvalue weighted by Gasteiger charge is 2.29. The maximum absolute atomic E-state index is 12.6. The zero-order valence-electron chi connectivity index (χ0n) is 15.3. The zero-order chi connectivity index (χ0) is 17.1. The van der Waals surface area contributed by atoms with Gasteiger partial charge in [-0.1, -0.05) is 18.9 Å². The lowest BCUT2D eigenvalue weighted by Crippen LogP contribution is -2.54. The molecule has 132 valence electrons. The summed E-state index contributed by atoms with van der Waals surface area (Å²) in [5.74, 6) is 0.104. The number of hydrogen-bond donors (Lipinski definition) is 1. The van der Waals surface area contributed by atoms with Gasteiger partial charge in [0.1, 0.15) is 0 Å². The molecule has 24 heavy (non-hydrogen) atoms. The van der Waals surface area contributed by atoms with Crippen molar-refractivity contribution < 1.29 is 4.79 Å². The van der Waals surface area contributed by atoms with Gasteiger partial charge in [-0.15, -0.1) is 0 Å². The number of carbonyl (C=O) groups excluding carboxylic acids is 1. The van der Waals surface area contributed by atoms with Gasteiger partial charge < -0.3 is 5.32 Å². The second-order valence-electron chi connectivity index (χ2n) is 7.47. The first-order valence-corrected chi connectivity index (χ1v) is 9.41. The Bertz CT molecular complexity index is 572. The molecule has 4 heteroatoms. The van der Waals surface area contributed by atoms with Gasteiger partial charge in [0.25, 0.3) is 0 Å². The number of nitrogens with zero attached hydrogens (tertiary/aromatic N) is 2. The van der Waals surface area contributed by atoms with E-state index in [4.69, 9.17) is 0 Å². The van der Waals surface area contributed by atoms with Crippen LogP contribution in [0.3, 0.4) is 0 Å². The Morgan fingerprint density at radius 2 is 1.75 bits per heavy atom. The molecule has 4 nitrogen and oxygen atoms in total. The van der Waals surface area contributed by atoms with Crippen molar-refractivity contribution in [2.45, 2.75) is 58.5 Å². The molecular formula is C20H31N3O. The first kappa shape index (κ1) is 17.4. The van der Waals surface area contributed by atoms with Crippen LogP contribution in [0.15, 0.2) is 18.2 Å². The molecule has 1 N–H and O–H groups in total. The summed E-state index contributed by atoms with van der Waals surface area (Å²) in [7, 11) is 0.